The number of benzene rings is 3. The predicted octanol–water partition coefficient (Wildman–Crippen LogP) is 6.34. The van der Waals surface area contributed by atoms with Crippen molar-refractivity contribution in [3.05, 3.63) is 138 Å². The minimum absolute atomic E-state index is 0.265. The van der Waals surface area contributed by atoms with E-state index in [-0.39, 0.29) is 17.7 Å². The van der Waals surface area contributed by atoms with E-state index in [0.717, 1.165) is 0 Å². The topological polar surface area (TPSA) is 119 Å². The minimum atomic E-state index is -1.58. The SMILES string of the molecule is O=C(OC[C@H]1O[C@@H](n2ccc3c(C4=CCC=S4F)ncnc32)[C@H](OC(=O)c2ccccc2)[C@@H]1OC(=O)c1ccccc1)c1ccccc1. The van der Waals surface area contributed by atoms with Gasteiger partial charge in [-0.05, 0) is 54.3 Å². The maximum Gasteiger partial charge on any atom is 0.338 e. The minimum Gasteiger partial charge on any atom is -0.459 e. The predicted molar refractivity (Wildman–Crippen MR) is 177 cm³/mol. The lowest BCUT2D eigenvalue weighted by molar-refractivity contribution is -0.0604. The quantitative estimate of drug-likeness (QED) is 0.101. The van der Waals surface area contributed by atoms with E-state index in [2.05, 4.69) is 9.97 Å². The van der Waals surface area contributed by atoms with Gasteiger partial charge < -0.3 is 23.5 Å². The molecule has 0 bridgehead atoms. The Balaban J connectivity index is 1.28. The molecule has 5 atom stereocenters. The Bertz CT molecular complexity index is 2040. The normalized spacial score (nSPS) is 21.7. The van der Waals surface area contributed by atoms with Crippen LogP contribution in [0, 0.1) is 0 Å². The van der Waals surface area contributed by atoms with Crippen LogP contribution in [0.2, 0.25) is 0 Å². The van der Waals surface area contributed by atoms with Crippen LogP contribution in [0.1, 0.15) is 49.4 Å². The number of fused-ring (bicyclic) bond motifs is 1. The molecule has 1 saturated heterocycles. The third-order valence-corrected chi connectivity index (χ3v) is 9.22. The highest BCUT2D eigenvalue weighted by molar-refractivity contribution is 8.19. The molecule has 0 amide bonds. The second-order valence-electron chi connectivity index (χ2n) is 10.9. The molecule has 7 rings (SSSR count). The number of esters is 3. The number of nitrogens with zero attached hydrogens (tertiary/aromatic N) is 3. The molecule has 242 valence electrons. The molecule has 0 spiro atoms. The van der Waals surface area contributed by atoms with E-state index in [0.29, 0.717) is 33.6 Å². The van der Waals surface area contributed by atoms with Gasteiger partial charge in [-0.2, -0.15) is 3.89 Å². The van der Waals surface area contributed by atoms with Gasteiger partial charge in [-0.15, -0.1) is 0 Å². The van der Waals surface area contributed by atoms with Crippen LogP contribution in [-0.2, 0) is 18.9 Å². The van der Waals surface area contributed by atoms with Gasteiger partial charge in [0.1, 0.15) is 24.7 Å². The fraction of sp³-hybridized carbons (Fsp3) is 0.167. The Morgan fingerprint density at radius 3 is 1.96 bits per heavy atom. The smallest absolute Gasteiger partial charge is 0.338 e. The van der Waals surface area contributed by atoms with Gasteiger partial charge in [0.05, 0.1) is 27.3 Å². The van der Waals surface area contributed by atoms with Crippen molar-refractivity contribution in [2.75, 3.05) is 6.61 Å². The summed E-state index contributed by atoms with van der Waals surface area (Å²) >= 11 is 0. The van der Waals surface area contributed by atoms with Crippen molar-refractivity contribution in [2.24, 2.45) is 0 Å². The zero-order valence-electron chi connectivity index (χ0n) is 25.3. The fourth-order valence-corrected chi connectivity index (χ4v) is 6.70. The average molecular weight is 666 g/mol. The maximum absolute atomic E-state index is 14.8. The van der Waals surface area contributed by atoms with Crippen molar-refractivity contribution in [1.82, 2.24) is 14.5 Å². The van der Waals surface area contributed by atoms with Crippen molar-refractivity contribution in [3.63, 3.8) is 0 Å². The number of carbonyl (C=O) groups is 3. The van der Waals surface area contributed by atoms with Crippen LogP contribution < -0.4 is 0 Å². The van der Waals surface area contributed by atoms with Gasteiger partial charge in [-0.1, -0.05) is 60.7 Å². The van der Waals surface area contributed by atoms with Crippen LogP contribution in [0.25, 0.3) is 15.9 Å². The summed E-state index contributed by atoms with van der Waals surface area (Å²) in [4.78, 5) is 49.2. The monoisotopic (exact) mass is 665 g/mol. The van der Waals surface area contributed by atoms with Crippen molar-refractivity contribution < 1.29 is 37.2 Å². The van der Waals surface area contributed by atoms with Gasteiger partial charge >= 0.3 is 17.9 Å². The molecule has 1 unspecified atom stereocenters. The van der Waals surface area contributed by atoms with Crippen LogP contribution in [0.3, 0.4) is 0 Å². The van der Waals surface area contributed by atoms with Crippen molar-refractivity contribution in [2.45, 2.75) is 31.0 Å². The highest BCUT2D eigenvalue weighted by Gasteiger charge is 2.51. The van der Waals surface area contributed by atoms with Gasteiger partial charge in [0.25, 0.3) is 0 Å². The summed E-state index contributed by atoms with van der Waals surface area (Å²) < 4.78 is 40.6. The molecule has 2 aliphatic rings. The number of hydrogen-bond donors (Lipinski definition) is 0. The third-order valence-electron chi connectivity index (χ3n) is 7.95. The highest BCUT2D eigenvalue weighted by Crippen LogP contribution is 2.42. The molecule has 4 heterocycles. The van der Waals surface area contributed by atoms with E-state index in [1.54, 1.807) is 119 Å². The highest BCUT2D eigenvalue weighted by atomic mass is 32.2. The van der Waals surface area contributed by atoms with E-state index in [9.17, 15) is 18.3 Å². The number of allylic oxidation sites excluding steroid dienone is 1. The van der Waals surface area contributed by atoms with Gasteiger partial charge in [0.2, 0.25) is 0 Å². The van der Waals surface area contributed by atoms with Crippen LogP contribution in [-0.4, -0.2) is 62.7 Å². The first-order chi connectivity index (χ1) is 23.5. The molecule has 1 fully saturated rings. The first kappa shape index (κ1) is 31.2. The molecular weight excluding hydrogens is 637 g/mol. The van der Waals surface area contributed by atoms with E-state index >= 15 is 0 Å². The van der Waals surface area contributed by atoms with Crippen LogP contribution in [0.15, 0.2) is 116 Å². The summed E-state index contributed by atoms with van der Waals surface area (Å²) in [5.41, 5.74) is 1.67. The van der Waals surface area contributed by atoms with E-state index in [1.807, 2.05) is 0 Å². The zero-order valence-corrected chi connectivity index (χ0v) is 26.1. The first-order valence-electron chi connectivity index (χ1n) is 15.1. The van der Waals surface area contributed by atoms with Crippen LogP contribution in [0.5, 0.6) is 0 Å². The molecule has 0 N–H and O–H groups in total. The molecule has 0 radical (unpaired) electrons. The number of rotatable bonds is 9. The fourth-order valence-electron chi connectivity index (χ4n) is 5.65. The zero-order chi connectivity index (χ0) is 33.0. The van der Waals surface area contributed by atoms with Crippen molar-refractivity contribution in [1.29, 1.82) is 0 Å². The number of halogens is 1. The number of carbonyl (C=O) groups excluding carboxylic acids is 3. The van der Waals surface area contributed by atoms with Crippen molar-refractivity contribution >= 4 is 50.1 Å². The molecule has 12 heteroatoms. The van der Waals surface area contributed by atoms with Crippen molar-refractivity contribution in [3.8, 4) is 0 Å². The Morgan fingerprint density at radius 2 is 1.38 bits per heavy atom. The first-order valence-corrected chi connectivity index (χ1v) is 16.3. The summed E-state index contributed by atoms with van der Waals surface area (Å²) in [6, 6.07) is 26.9. The average Bonchev–Trinajstić information content (AvgIpc) is 3.85. The largest absolute Gasteiger partial charge is 0.459 e. The number of hydrogen-bond acceptors (Lipinski definition) is 9. The molecule has 2 aliphatic heterocycles. The Kier molecular flexibility index (Phi) is 8.91. The Morgan fingerprint density at radius 1 is 0.792 bits per heavy atom. The van der Waals surface area contributed by atoms with E-state index < -0.39 is 53.3 Å². The van der Waals surface area contributed by atoms with Gasteiger partial charge in [-0.3, -0.25) is 0 Å². The molecular formula is C36H28FN3O7S. The standard InChI is InChI=1S/C36H28FN3O7S/c37-48-20-10-17-28(48)29-26-18-19-40(32(26)39-22-38-29)33-31(47-36(43)25-15-8-3-9-16-25)30(46-35(42)24-13-6-2-7-14-24)27(45-33)21-44-34(41)23-11-4-1-5-12-23/h1-9,11-20,22,27,30-31,33H,10,21H2/t27-,30-,31-,33-,48?/m1/s1. The maximum atomic E-state index is 14.8. The second-order valence-corrected chi connectivity index (χ2v) is 12.3. The van der Waals surface area contributed by atoms with E-state index in [1.165, 1.54) is 6.33 Å². The van der Waals surface area contributed by atoms with E-state index in [4.69, 9.17) is 18.9 Å². The van der Waals surface area contributed by atoms with Gasteiger partial charge in [0.15, 0.2) is 18.4 Å². The lowest BCUT2D eigenvalue weighted by atomic mass is 10.1. The molecule has 48 heavy (non-hydrogen) atoms. The summed E-state index contributed by atoms with van der Waals surface area (Å²) in [5.74, 6) is -1.98. The lowest BCUT2D eigenvalue weighted by Gasteiger charge is -2.25. The number of ether oxygens (including phenoxy) is 4. The summed E-state index contributed by atoms with van der Waals surface area (Å²) in [6.45, 7) is -0.330. The molecule has 0 aliphatic carbocycles. The summed E-state index contributed by atoms with van der Waals surface area (Å²) in [6.07, 6.45) is 0.663. The molecule has 0 saturated carbocycles. The van der Waals surface area contributed by atoms with Gasteiger partial charge in [0, 0.05) is 22.5 Å². The second kappa shape index (κ2) is 13.7. The molecule has 5 aromatic rings. The van der Waals surface area contributed by atoms with Crippen LogP contribution >= 0.6 is 10.9 Å². The molecule has 10 nitrogen and oxygen atoms in total. The summed E-state index contributed by atoms with van der Waals surface area (Å²) in [5, 5.41) is 2.13. The Labute approximate surface area is 277 Å². The third kappa shape index (κ3) is 6.27. The van der Waals surface area contributed by atoms with Crippen LogP contribution in [0.4, 0.5) is 3.89 Å². The van der Waals surface area contributed by atoms with Gasteiger partial charge in [-0.25, -0.2) is 24.4 Å². The lowest BCUT2D eigenvalue weighted by Crippen LogP contribution is -2.41. The summed E-state index contributed by atoms with van der Waals surface area (Å²) in [7, 11) is -1.58. The Hall–Kier alpha value is -5.46. The number of aromatic nitrogens is 3. The molecule has 2 aromatic heterocycles. The molecule has 3 aromatic carbocycles.